The summed E-state index contributed by atoms with van der Waals surface area (Å²) in [5.41, 5.74) is 6.20. The van der Waals surface area contributed by atoms with Gasteiger partial charge < -0.3 is 10.5 Å². The molecule has 5 heteroatoms. The lowest BCUT2D eigenvalue weighted by atomic mass is 10.2. The van der Waals surface area contributed by atoms with E-state index in [0.29, 0.717) is 18.9 Å². The van der Waals surface area contributed by atoms with Crippen LogP contribution < -0.4 is 10.5 Å². The van der Waals surface area contributed by atoms with Crippen LogP contribution >= 0.6 is 27.3 Å². The number of benzene rings is 1. The Kier molecular flexibility index (Phi) is 4.15. The third-order valence-electron chi connectivity index (χ3n) is 2.18. The van der Waals surface area contributed by atoms with Crippen molar-refractivity contribution >= 4 is 27.3 Å². The number of ether oxygens (including phenoxy) is 1. The Bertz CT molecular complexity index is 515. The van der Waals surface area contributed by atoms with Crippen molar-refractivity contribution in [3.8, 4) is 5.75 Å². The van der Waals surface area contributed by atoms with Gasteiger partial charge in [0.2, 0.25) is 0 Å². The highest BCUT2D eigenvalue weighted by molar-refractivity contribution is 9.11. The van der Waals surface area contributed by atoms with Gasteiger partial charge in [-0.2, -0.15) is 0 Å². The first-order valence-electron chi connectivity index (χ1n) is 5.04. The first-order chi connectivity index (χ1) is 8.17. The summed E-state index contributed by atoms with van der Waals surface area (Å²) in [7, 11) is 0. The van der Waals surface area contributed by atoms with E-state index < -0.39 is 0 Å². The predicted octanol–water partition coefficient (Wildman–Crippen LogP) is 3.69. The van der Waals surface area contributed by atoms with Gasteiger partial charge in [-0.05, 0) is 45.8 Å². The van der Waals surface area contributed by atoms with Crippen molar-refractivity contribution in [3.05, 3.63) is 50.4 Å². The Labute approximate surface area is 111 Å². The summed E-state index contributed by atoms with van der Waals surface area (Å²) in [4.78, 5) is 1.08. The summed E-state index contributed by atoms with van der Waals surface area (Å²) in [5.74, 6) is 0.185. The molecular weight excluding hydrogens is 305 g/mol. The van der Waals surface area contributed by atoms with Gasteiger partial charge in [0, 0.05) is 17.5 Å². The summed E-state index contributed by atoms with van der Waals surface area (Å²) >= 11 is 4.97. The van der Waals surface area contributed by atoms with Crippen LogP contribution in [0.15, 0.2) is 34.1 Å². The summed E-state index contributed by atoms with van der Waals surface area (Å²) in [6.45, 7) is 0.738. The molecular formula is C12H11BrFNOS. The van der Waals surface area contributed by atoms with Gasteiger partial charge in [0.1, 0.15) is 18.2 Å². The Morgan fingerprint density at radius 1 is 1.29 bits per heavy atom. The molecule has 0 saturated heterocycles. The van der Waals surface area contributed by atoms with E-state index in [1.807, 2.05) is 12.1 Å². The highest BCUT2D eigenvalue weighted by Crippen LogP contribution is 2.24. The number of halogens is 2. The topological polar surface area (TPSA) is 35.2 Å². The molecule has 2 aromatic rings. The van der Waals surface area contributed by atoms with Gasteiger partial charge in [-0.3, -0.25) is 0 Å². The smallest absolute Gasteiger partial charge is 0.127 e. The summed E-state index contributed by atoms with van der Waals surface area (Å²) in [5, 5.41) is 0. The van der Waals surface area contributed by atoms with E-state index in [2.05, 4.69) is 15.9 Å². The van der Waals surface area contributed by atoms with Crippen LogP contribution in [0.25, 0.3) is 0 Å². The Hall–Kier alpha value is -0.910. The Morgan fingerprint density at radius 3 is 2.76 bits per heavy atom. The molecule has 17 heavy (non-hydrogen) atoms. The third-order valence-corrected chi connectivity index (χ3v) is 3.77. The fourth-order valence-corrected chi connectivity index (χ4v) is 2.80. The van der Waals surface area contributed by atoms with Crippen molar-refractivity contribution in [1.29, 1.82) is 0 Å². The lowest BCUT2D eigenvalue weighted by molar-refractivity contribution is 0.308. The predicted molar refractivity (Wildman–Crippen MR) is 70.6 cm³/mol. The average Bonchev–Trinajstić information content (AvgIpc) is 2.72. The van der Waals surface area contributed by atoms with Crippen LogP contribution in [-0.2, 0) is 13.2 Å². The summed E-state index contributed by atoms with van der Waals surface area (Å²) in [6.07, 6.45) is 0. The van der Waals surface area contributed by atoms with E-state index in [1.165, 1.54) is 12.1 Å². The number of thiophene rings is 1. The molecule has 2 nitrogen and oxygen atoms in total. The molecule has 0 spiro atoms. The van der Waals surface area contributed by atoms with Crippen molar-refractivity contribution in [2.24, 2.45) is 5.73 Å². The van der Waals surface area contributed by atoms with Gasteiger partial charge in [0.05, 0.1) is 3.79 Å². The lowest BCUT2D eigenvalue weighted by Gasteiger charge is -2.06. The molecule has 0 atom stereocenters. The normalized spacial score (nSPS) is 10.5. The molecule has 2 rings (SSSR count). The molecule has 0 aliphatic rings. The van der Waals surface area contributed by atoms with E-state index >= 15 is 0 Å². The molecule has 0 fully saturated rings. The fraction of sp³-hybridized carbons (Fsp3) is 0.167. The molecule has 0 unspecified atom stereocenters. The highest BCUT2D eigenvalue weighted by Gasteiger charge is 2.03. The van der Waals surface area contributed by atoms with Gasteiger partial charge in [-0.15, -0.1) is 11.3 Å². The van der Waals surface area contributed by atoms with Gasteiger partial charge in [0.15, 0.2) is 0 Å². The first-order valence-corrected chi connectivity index (χ1v) is 6.65. The minimum atomic E-state index is -0.324. The average molecular weight is 316 g/mol. The largest absolute Gasteiger partial charge is 0.488 e. The number of nitrogens with two attached hydrogens (primary N) is 1. The van der Waals surface area contributed by atoms with Crippen LogP contribution in [0.1, 0.15) is 10.4 Å². The Balaban J connectivity index is 2.05. The van der Waals surface area contributed by atoms with E-state index in [0.717, 1.165) is 14.2 Å². The van der Waals surface area contributed by atoms with E-state index in [4.69, 9.17) is 10.5 Å². The second kappa shape index (κ2) is 5.62. The summed E-state index contributed by atoms with van der Waals surface area (Å²) < 4.78 is 19.8. The van der Waals surface area contributed by atoms with Crippen molar-refractivity contribution in [2.75, 3.05) is 0 Å². The SMILES string of the molecule is NCc1cc(F)cc(OCc2ccc(Br)s2)c1. The molecule has 0 bridgehead atoms. The lowest BCUT2D eigenvalue weighted by Crippen LogP contribution is -1.99. The first kappa shape index (κ1) is 12.5. The van der Waals surface area contributed by atoms with Crippen LogP contribution in [0, 0.1) is 5.82 Å². The number of hydrogen-bond acceptors (Lipinski definition) is 3. The fourth-order valence-electron chi connectivity index (χ4n) is 1.41. The molecule has 0 amide bonds. The molecule has 1 aromatic carbocycles. The van der Waals surface area contributed by atoms with Crippen molar-refractivity contribution in [3.63, 3.8) is 0 Å². The molecule has 1 aromatic heterocycles. The highest BCUT2D eigenvalue weighted by atomic mass is 79.9. The van der Waals surface area contributed by atoms with Gasteiger partial charge in [0.25, 0.3) is 0 Å². The van der Waals surface area contributed by atoms with Crippen molar-refractivity contribution in [2.45, 2.75) is 13.2 Å². The summed E-state index contributed by atoms with van der Waals surface area (Å²) in [6, 6.07) is 8.46. The standard InChI is InChI=1S/C12H11BrFNOS/c13-12-2-1-11(17-12)7-16-10-4-8(6-15)3-9(14)5-10/h1-5H,6-7,15H2. The zero-order valence-electron chi connectivity index (χ0n) is 8.95. The quantitative estimate of drug-likeness (QED) is 0.934. The van der Waals surface area contributed by atoms with Crippen molar-refractivity contribution in [1.82, 2.24) is 0 Å². The van der Waals surface area contributed by atoms with Crippen molar-refractivity contribution < 1.29 is 9.13 Å². The van der Waals surface area contributed by atoms with Crippen LogP contribution in [0.3, 0.4) is 0 Å². The van der Waals surface area contributed by atoms with Crippen LogP contribution in [0.4, 0.5) is 4.39 Å². The zero-order chi connectivity index (χ0) is 12.3. The van der Waals surface area contributed by atoms with Crippen LogP contribution in [0.2, 0.25) is 0 Å². The second-order valence-corrected chi connectivity index (χ2v) is 6.04. The third kappa shape index (κ3) is 3.52. The van der Waals surface area contributed by atoms with Gasteiger partial charge in [-0.25, -0.2) is 4.39 Å². The van der Waals surface area contributed by atoms with Crippen LogP contribution in [-0.4, -0.2) is 0 Å². The Morgan fingerprint density at radius 2 is 2.12 bits per heavy atom. The molecule has 0 aliphatic carbocycles. The van der Waals surface area contributed by atoms with E-state index in [1.54, 1.807) is 17.4 Å². The molecule has 0 radical (unpaired) electrons. The van der Waals surface area contributed by atoms with Crippen LogP contribution in [0.5, 0.6) is 5.75 Å². The molecule has 90 valence electrons. The maximum absolute atomic E-state index is 13.2. The number of rotatable bonds is 4. The number of hydrogen-bond donors (Lipinski definition) is 1. The van der Waals surface area contributed by atoms with Gasteiger partial charge in [-0.1, -0.05) is 0 Å². The molecule has 0 aliphatic heterocycles. The second-order valence-electron chi connectivity index (χ2n) is 3.49. The monoisotopic (exact) mass is 315 g/mol. The van der Waals surface area contributed by atoms with E-state index in [-0.39, 0.29) is 5.82 Å². The maximum Gasteiger partial charge on any atom is 0.127 e. The molecule has 2 N–H and O–H groups in total. The molecule has 1 heterocycles. The zero-order valence-corrected chi connectivity index (χ0v) is 11.4. The van der Waals surface area contributed by atoms with E-state index in [9.17, 15) is 4.39 Å². The maximum atomic E-state index is 13.2. The minimum Gasteiger partial charge on any atom is -0.488 e. The minimum absolute atomic E-state index is 0.304. The molecule has 0 saturated carbocycles. The van der Waals surface area contributed by atoms with Gasteiger partial charge >= 0.3 is 0 Å².